The van der Waals surface area contributed by atoms with Gasteiger partial charge in [-0.1, -0.05) is 12.1 Å². The van der Waals surface area contributed by atoms with Crippen molar-refractivity contribution < 1.29 is 14.3 Å². The van der Waals surface area contributed by atoms with E-state index >= 15 is 0 Å². The second-order valence-electron chi connectivity index (χ2n) is 6.57. The molecule has 0 aliphatic carbocycles. The van der Waals surface area contributed by atoms with E-state index < -0.39 is 0 Å². The van der Waals surface area contributed by atoms with E-state index in [0.717, 1.165) is 34.7 Å². The molecule has 26 heavy (non-hydrogen) atoms. The quantitative estimate of drug-likeness (QED) is 0.865. The molecule has 2 aromatic carbocycles. The van der Waals surface area contributed by atoms with Crippen LogP contribution in [0, 0.1) is 0 Å². The van der Waals surface area contributed by atoms with E-state index in [4.69, 9.17) is 9.47 Å². The van der Waals surface area contributed by atoms with Crippen LogP contribution in [0.15, 0.2) is 42.5 Å². The molecular formula is C20H25N3O3. The average Bonchev–Trinajstić information content (AvgIpc) is 2.66. The van der Waals surface area contributed by atoms with Crippen molar-refractivity contribution in [3.05, 3.63) is 53.6 Å². The standard InChI is InChI=1S/C20H25N3O3/c1-23(2)17-6-4-14(5-7-17)12-21-20(24)22-16-10-15-11-18(25-3)8-9-19(15)26-13-16/h4-9,11,16H,10,12-13H2,1-3H3,(H2,21,22,24)/t16-/m0/s1. The van der Waals surface area contributed by atoms with Gasteiger partial charge in [-0.05, 0) is 47.9 Å². The zero-order chi connectivity index (χ0) is 18.5. The van der Waals surface area contributed by atoms with Crippen LogP contribution in [-0.4, -0.2) is 39.9 Å². The minimum Gasteiger partial charge on any atom is -0.497 e. The molecule has 2 aromatic rings. The first kappa shape index (κ1) is 17.9. The maximum atomic E-state index is 12.2. The Morgan fingerprint density at radius 2 is 2.00 bits per heavy atom. The molecule has 0 radical (unpaired) electrons. The molecule has 2 N–H and O–H groups in total. The van der Waals surface area contributed by atoms with Crippen LogP contribution in [0.2, 0.25) is 0 Å². The van der Waals surface area contributed by atoms with Crippen LogP contribution >= 0.6 is 0 Å². The van der Waals surface area contributed by atoms with E-state index in [2.05, 4.69) is 10.6 Å². The average molecular weight is 355 g/mol. The van der Waals surface area contributed by atoms with Crippen molar-refractivity contribution in [3.63, 3.8) is 0 Å². The fourth-order valence-corrected chi connectivity index (χ4v) is 2.92. The first-order valence-electron chi connectivity index (χ1n) is 8.65. The summed E-state index contributed by atoms with van der Waals surface area (Å²) in [6.45, 7) is 0.946. The molecule has 3 rings (SSSR count). The fourth-order valence-electron chi connectivity index (χ4n) is 2.92. The van der Waals surface area contributed by atoms with E-state index in [0.29, 0.717) is 13.2 Å². The highest BCUT2D eigenvalue weighted by atomic mass is 16.5. The minimum atomic E-state index is -0.193. The number of amides is 2. The third-order valence-corrected chi connectivity index (χ3v) is 4.42. The lowest BCUT2D eigenvalue weighted by Gasteiger charge is -2.26. The lowest BCUT2D eigenvalue weighted by atomic mass is 10.0. The minimum absolute atomic E-state index is 0.0641. The number of methoxy groups -OCH3 is 1. The zero-order valence-electron chi connectivity index (χ0n) is 15.4. The smallest absolute Gasteiger partial charge is 0.315 e. The molecule has 6 heteroatoms. The third kappa shape index (κ3) is 4.39. The summed E-state index contributed by atoms with van der Waals surface area (Å²) in [4.78, 5) is 14.2. The largest absolute Gasteiger partial charge is 0.497 e. The predicted octanol–water partition coefficient (Wildman–Crippen LogP) is 2.56. The number of carbonyl (C=O) groups is 1. The lowest BCUT2D eigenvalue weighted by molar-refractivity contribution is 0.214. The van der Waals surface area contributed by atoms with Crippen LogP contribution in [0.1, 0.15) is 11.1 Å². The molecule has 138 valence electrons. The summed E-state index contributed by atoms with van der Waals surface area (Å²) >= 11 is 0. The zero-order valence-corrected chi connectivity index (χ0v) is 15.4. The van der Waals surface area contributed by atoms with Gasteiger partial charge in [0.25, 0.3) is 0 Å². The van der Waals surface area contributed by atoms with Gasteiger partial charge in [-0.15, -0.1) is 0 Å². The second-order valence-corrected chi connectivity index (χ2v) is 6.57. The van der Waals surface area contributed by atoms with Crippen molar-refractivity contribution >= 4 is 11.7 Å². The lowest BCUT2D eigenvalue weighted by Crippen LogP contribution is -2.47. The molecule has 0 bridgehead atoms. The summed E-state index contributed by atoms with van der Waals surface area (Å²) in [5.74, 6) is 1.64. The summed E-state index contributed by atoms with van der Waals surface area (Å²) in [5, 5.41) is 5.87. The maximum absolute atomic E-state index is 12.2. The molecule has 0 unspecified atom stereocenters. The van der Waals surface area contributed by atoms with Crippen LogP contribution in [-0.2, 0) is 13.0 Å². The number of benzene rings is 2. The summed E-state index contributed by atoms with van der Waals surface area (Å²) in [7, 11) is 5.64. The molecule has 0 fully saturated rings. The molecule has 0 aromatic heterocycles. The van der Waals surface area contributed by atoms with Crippen LogP contribution in [0.25, 0.3) is 0 Å². The Hall–Kier alpha value is -2.89. The van der Waals surface area contributed by atoms with Crippen LogP contribution in [0.3, 0.4) is 0 Å². The number of nitrogens with one attached hydrogen (secondary N) is 2. The highest BCUT2D eigenvalue weighted by Crippen LogP contribution is 2.28. The highest BCUT2D eigenvalue weighted by Gasteiger charge is 2.21. The molecule has 1 atom stereocenters. The number of nitrogens with zero attached hydrogens (tertiary/aromatic N) is 1. The predicted molar refractivity (Wildman–Crippen MR) is 102 cm³/mol. The molecule has 0 spiro atoms. The van der Waals surface area contributed by atoms with Crippen LogP contribution < -0.4 is 25.0 Å². The van der Waals surface area contributed by atoms with Crippen molar-refractivity contribution in [1.82, 2.24) is 10.6 Å². The topological polar surface area (TPSA) is 62.8 Å². The van der Waals surface area contributed by atoms with Crippen molar-refractivity contribution in [3.8, 4) is 11.5 Å². The Morgan fingerprint density at radius 3 is 2.69 bits per heavy atom. The number of urea groups is 1. The fraction of sp³-hybridized carbons (Fsp3) is 0.350. The number of carbonyl (C=O) groups excluding carboxylic acids is 1. The normalized spacial score (nSPS) is 15.4. The molecular weight excluding hydrogens is 330 g/mol. The van der Waals surface area contributed by atoms with Crippen molar-refractivity contribution in [2.45, 2.75) is 19.0 Å². The third-order valence-electron chi connectivity index (χ3n) is 4.42. The summed E-state index contributed by atoms with van der Waals surface area (Å²) in [5.41, 5.74) is 3.23. The van der Waals surface area contributed by atoms with Gasteiger partial charge in [-0.2, -0.15) is 0 Å². The number of rotatable bonds is 5. The Labute approximate surface area is 154 Å². The summed E-state index contributed by atoms with van der Waals surface area (Å²) in [6.07, 6.45) is 0.720. The van der Waals surface area contributed by atoms with Gasteiger partial charge >= 0.3 is 6.03 Å². The molecule has 2 amide bonds. The van der Waals surface area contributed by atoms with Gasteiger partial charge in [0, 0.05) is 26.3 Å². The molecule has 1 aliphatic heterocycles. The van der Waals surface area contributed by atoms with E-state index in [1.54, 1.807) is 7.11 Å². The van der Waals surface area contributed by atoms with Gasteiger partial charge in [0.05, 0.1) is 13.2 Å². The number of hydrogen-bond donors (Lipinski definition) is 2. The Balaban J connectivity index is 1.50. The molecule has 0 saturated heterocycles. The van der Waals surface area contributed by atoms with Gasteiger partial charge in [-0.25, -0.2) is 4.79 Å². The second kappa shape index (κ2) is 7.99. The summed E-state index contributed by atoms with van der Waals surface area (Å²) in [6, 6.07) is 13.6. The number of hydrogen-bond acceptors (Lipinski definition) is 4. The maximum Gasteiger partial charge on any atom is 0.315 e. The number of ether oxygens (including phenoxy) is 2. The highest BCUT2D eigenvalue weighted by molar-refractivity contribution is 5.74. The van der Waals surface area contributed by atoms with Crippen LogP contribution in [0.5, 0.6) is 11.5 Å². The number of anilines is 1. The van der Waals surface area contributed by atoms with Gasteiger partial charge in [0.15, 0.2) is 0 Å². The monoisotopic (exact) mass is 355 g/mol. The van der Waals surface area contributed by atoms with Crippen molar-refractivity contribution in [2.75, 3.05) is 32.7 Å². The Bertz CT molecular complexity index is 759. The van der Waals surface area contributed by atoms with Crippen LogP contribution in [0.4, 0.5) is 10.5 Å². The number of fused-ring (bicyclic) bond motifs is 1. The first-order chi connectivity index (χ1) is 12.5. The van der Waals surface area contributed by atoms with Gasteiger partial charge in [0.1, 0.15) is 18.1 Å². The van der Waals surface area contributed by atoms with E-state index in [9.17, 15) is 4.79 Å². The van der Waals surface area contributed by atoms with Crippen molar-refractivity contribution in [2.24, 2.45) is 0 Å². The Morgan fingerprint density at radius 1 is 1.23 bits per heavy atom. The molecule has 0 saturated carbocycles. The van der Waals surface area contributed by atoms with Crippen molar-refractivity contribution in [1.29, 1.82) is 0 Å². The Kier molecular flexibility index (Phi) is 5.51. The van der Waals surface area contributed by atoms with Gasteiger partial charge < -0.3 is 25.0 Å². The molecule has 1 heterocycles. The first-order valence-corrected chi connectivity index (χ1v) is 8.65. The van der Waals surface area contributed by atoms with E-state index in [-0.39, 0.29) is 12.1 Å². The van der Waals surface area contributed by atoms with Gasteiger partial charge in [0.2, 0.25) is 0 Å². The SMILES string of the molecule is COc1ccc2c(c1)C[C@H](NC(=O)NCc1ccc(N(C)C)cc1)CO2. The molecule has 1 aliphatic rings. The molecule has 6 nitrogen and oxygen atoms in total. The van der Waals surface area contributed by atoms with Gasteiger partial charge in [-0.3, -0.25) is 0 Å². The van der Waals surface area contributed by atoms with E-state index in [1.165, 1.54) is 0 Å². The van der Waals surface area contributed by atoms with E-state index in [1.807, 2.05) is 61.5 Å². The summed E-state index contributed by atoms with van der Waals surface area (Å²) < 4.78 is 11.0.